The van der Waals surface area contributed by atoms with Crippen molar-refractivity contribution in [1.82, 2.24) is 15.5 Å². The average molecular weight is 490 g/mol. The molecule has 1 rings (SSSR count). The molecule has 0 aromatic heterocycles. The molecule has 2 N–H and O–H groups in total. The minimum Gasteiger partial charge on any atom is -0.444 e. The van der Waals surface area contributed by atoms with Gasteiger partial charge in [0.2, 0.25) is 11.8 Å². The summed E-state index contributed by atoms with van der Waals surface area (Å²) in [5, 5.41) is 5.65. The summed E-state index contributed by atoms with van der Waals surface area (Å²) in [6, 6.07) is 4.86. The van der Waals surface area contributed by atoms with Crippen molar-refractivity contribution in [3.63, 3.8) is 0 Å². The molecule has 3 amide bonds. The molecule has 188 valence electrons. The van der Waals surface area contributed by atoms with Crippen LogP contribution in [0, 0.1) is 12.3 Å². The maximum atomic E-state index is 13.9. The molecule has 0 aliphatic heterocycles. The highest BCUT2D eigenvalue weighted by molar-refractivity contribution is 7.98. The van der Waals surface area contributed by atoms with Crippen LogP contribution < -0.4 is 10.6 Å². The number of rotatable bonds is 10. The molecule has 7 nitrogen and oxygen atoms in total. The van der Waals surface area contributed by atoms with Gasteiger partial charge in [-0.15, -0.1) is 6.42 Å². The standard InChI is InChI=1S/C26H39N3O4S/c1-10-19-11-13-20(14-12-19)22(23(30)27-17(2)3)29(18(4)5)24(31)21(15-16-34-9)28-25(32)33-26(6,7)8/h1,11-14,17-18,21-22H,15-16H2,2-9H3,(H,27,30)(H,28,32). The van der Waals surface area contributed by atoms with Crippen molar-refractivity contribution in [2.75, 3.05) is 12.0 Å². The number of carbonyl (C=O) groups is 3. The van der Waals surface area contributed by atoms with Crippen LogP contribution in [0.5, 0.6) is 0 Å². The maximum Gasteiger partial charge on any atom is 0.408 e. The van der Waals surface area contributed by atoms with E-state index in [0.29, 0.717) is 23.3 Å². The molecule has 0 spiro atoms. The largest absolute Gasteiger partial charge is 0.444 e. The first-order valence-corrected chi connectivity index (χ1v) is 12.9. The fourth-order valence-electron chi connectivity index (χ4n) is 3.37. The molecule has 0 aliphatic carbocycles. The molecule has 8 heteroatoms. The summed E-state index contributed by atoms with van der Waals surface area (Å²) in [6.07, 6.45) is 7.15. The zero-order chi connectivity index (χ0) is 26.1. The monoisotopic (exact) mass is 489 g/mol. The Bertz CT molecular complexity index is 870. The van der Waals surface area contributed by atoms with E-state index in [4.69, 9.17) is 11.2 Å². The van der Waals surface area contributed by atoms with Crippen LogP contribution in [0.1, 0.15) is 72.1 Å². The van der Waals surface area contributed by atoms with Gasteiger partial charge in [0.1, 0.15) is 17.7 Å². The van der Waals surface area contributed by atoms with Crippen molar-refractivity contribution in [2.24, 2.45) is 0 Å². The van der Waals surface area contributed by atoms with Gasteiger partial charge in [0.15, 0.2) is 0 Å². The average Bonchev–Trinajstić information content (AvgIpc) is 2.72. The number of hydrogen-bond acceptors (Lipinski definition) is 5. The molecule has 1 aromatic rings. The van der Waals surface area contributed by atoms with Gasteiger partial charge in [0.05, 0.1) is 0 Å². The number of carbonyl (C=O) groups excluding carboxylic acids is 3. The number of hydrogen-bond donors (Lipinski definition) is 2. The minimum atomic E-state index is -0.890. The van der Waals surface area contributed by atoms with E-state index < -0.39 is 23.8 Å². The number of nitrogens with zero attached hydrogens (tertiary/aromatic N) is 1. The number of benzene rings is 1. The van der Waals surface area contributed by atoms with Gasteiger partial charge in [0.25, 0.3) is 0 Å². The van der Waals surface area contributed by atoms with Crippen molar-refractivity contribution in [1.29, 1.82) is 0 Å². The highest BCUT2D eigenvalue weighted by Gasteiger charge is 2.37. The van der Waals surface area contributed by atoms with Crippen LogP contribution >= 0.6 is 11.8 Å². The second kappa shape index (κ2) is 13.3. The first kappa shape index (κ1) is 29.4. The van der Waals surface area contributed by atoms with Crippen LogP contribution in [0.4, 0.5) is 4.79 Å². The second-order valence-corrected chi connectivity index (χ2v) is 10.6. The van der Waals surface area contributed by atoms with Crippen LogP contribution in [0.25, 0.3) is 0 Å². The Hall–Kier alpha value is -2.66. The summed E-state index contributed by atoms with van der Waals surface area (Å²) in [5.74, 6) is 2.57. The van der Waals surface area contributed by atoms with Crippen LogP contribution in [-0.4, -0.2) is 58.5 Å². The lowest BCUT2D eigenvalue weighted by Gasteiger charge is -2.37. The lowest BCUT2D eigenvalue weighted by atomic mass is 9.99. The second-order valence-electron chi connectivity index (χ2n) is 9.65. The summed E-state index contributed by atoms with van der Waals surface area (Å²) < 4.78 is 5.38. The van der Waals surface area contributed by atoms with Crippen molar-refractivity contribution < 1.29 is 19.1 Å². The summed E-state index contributed by atoms with van der Waals surface area (Å²) in [4.78, 5) is 41.2. The van der Waals surface area contributed by atoms with E-state index in [2.05, 4.69) is 16.6 Å². The Balaban J connectivity index is 3.43. The fraction of sp³-hybridized carbons (Fsp3) is 0.577. The van der Waals surface area contributed by atoms with Crippen molar-refractivity contribution in [2.45, 2.75) is 84.7 Å². The van der Waals surface area contributed by atoms with E-state index in [1.807, 2.05) is 34.0 Å². The van der Waals surface area contributed by atoms with E-state index >= 15 is 0 Å². The quantitative estimate of drug-likeness (QED) is 0.483. The van der Waals surface area contributed by atoms with Crippen LogP contribution in [0.3, 0.4) is 0 Å². The molecular formula is C26H39N3O4S. The molecule has 0 saturated heterocycles. The molecule has 1 aromatic carbocycles. The number of ether oxygens (including phenoxy) is 1. The topological polar surface area (TPSA) is 87.7 Å². The highest BCUT2D eigenvalue weighted by atomic mass is 32.2. The Morgan fingerprint density at radius 3 is 2.12 bits per heavy atom. The number of nitrogens with one attached hydrogen (secondary N) is 2. The molecule has 2 unspecified atom stereocenters. The van der Waals surface area contributed by atoms with Crippen molar-refractivity contribution >= 4 is 29.7 Å². The molecule has 0 aliphatic rings. The molecule has 0 bridgehead atoms. The number of thioether (sulfide) groups is 1. The first-order chi connectivity index (χ1) is 15.8. The van der Waals surface area contributed by atoms with E-state index in [9.17, 15) is 14.4 Å². The predicted molar refractivity (Wildman–Crippen MR) is 139 cm³/mol. The molecule has 0 heterocycles. The van der Waals surface area contributed by atoms with Gasteiger partial charge in [-0.25, -0.2) is 4.79 Å². The van der Waals surface area contributed by atoms with E-state index in [0.717, 1.165) is 0 Å². The van der Waals surface area contributed by atoms with Crippen LogP contribution in [0.15, 0.2) is 24.3 Å². The maximum absolute atomic E-state index is 13.9. The third-order valence-corrected chi connectivity index (χ3v) is 5.41. The third kappa shape index (κ3) is 9.30. The molecule has 0 fully saturated rings. The molecule has 2 atom stereocenters. The molecule has 34 heavy (non-hydrogen) atoms. The van der Waals surface area contributed by atoms with Gasteiger partial charge in [-0.1, -0.05) is 18.1 Å². The number of alkyl carbamates (subject to hydrolysis) is 1. The number of amides is 3. The van der Waals surface area contributed by atoms with Gasteiger partial charge in [0, 0.05) is 17.6 Å². The van der Waals surface area contributed by atoms with Crippen LogP contribution in [-0.2, 0) is 14.3 Å². The van der Waals surface area contributed by atoms with E-state index in [1.165, 1.54) is 4.90 Å². The lowest BCUT2D eigenvalue weighted by molar-refractivity contribution is -0.144. The van der Waals surface area contributed by atoms with Gasteiger partial charge in [-0.2, -0.15) is 11.8 Å². The smallest absolute Gasteiger partial charge is 0.408 e. The Labute approximate surface area is 208 Å². The Kier molecular flexibility index (Phi) is 11.5. The normalized spacial score (nSPS) is 13.1. The third-order valence-electron chi connectivity index (χ3n) is 4.76. The molecule has 0 radical (unpaired) electrons. The van der Waals surface area contributed by atoms with E-state index in [-0.39, 0.29) is 23.9 Å². The Morgan fingerprint density at radius 1 is 1.09 bits per heavy atom. The fourth-order valence-corrected chi connectivity index (χ4v) is 3.84. The summed E-state index contributed by atoms with van der Waals surface area (Å²) in [5.41, 5.74) is 0.617. The molecular weight excluding hydrogens is 450 g/mol. The Morgan fingerprint density at radius 2 is 1.68 bits per heavy atom. The highest BCUT2D eigenvalue weighted by Crippen LogP contribution is 2.26. The van der Waals surface area contributed by atoms with Crippen molar-refractivity contribution in [3.05, 3.63) is 35.4 Å². The zero-order valence-corrected chi connectivity index (χ0v) is 22.4. The minimum absolute atomic E-state index is 0.115. The van der Waals surface area contributed by atoms with Gasteiger partial charge in [-0.3, -0.25) is 9.59 Å². The van der Waals surface area contributed by atoms with Crippen molar-refractivity contribution in [3.8, 4) is 12.3 Å². The molecule has 0 saturated carbocycles. The van der Waals surface area contributed by atoms with E-state index in [1.54, 1.807) is 56.8 Å². The van der Waals surface area contributed by atoms with Gasteiger partial charge in [-0.05, 0) is 84.6 Å². The first-order valence-electron chi connectivity index (χ1n) is 11.5. The SMILES string of the molecule is C#Cc1ccc(C(C(=O)NC(C)C)N(C(=O)C(CCSC)NC(=O)OC(C)(C)C)C(C)C)cc1. The van der Waals surface area contributed by atoms with Gasteiger partial charge >= 0.3 is 6.09 Å². The number of terminal acetylenes is 1. The summed E-state index contributed by atoms with van der Waals surface area (Å²) in [6.45, 7) is 12.7. The zero-order valence-electron chi connectivity index (χ0n) is 21.6. The lowest BCUT2D eigenvalue weighted by Crippen LogP contribution is -2.55. The summed E-state index contributed by atoms with van der Waals surface area (Å²) in [7, 11) is 0. The predicted octanol–water partition coefficient (Wildman–Crippen LogP) is 4.12. The van der Waals surface area contributed by atoms with Gasteiger partial charge < -0.3 is 20.3 Å². The van der Waals surface area contributed by atoms with Crippen LogP contribution in [0.2, 0.25) is 0 Å². The summed E-state index contributed by atoms with van der Waals surface area (Å²) >= 11 is 1.57.